The van der Waals surface area contributed by atoms with Crippen molar-refractivity contribution in [2.45, 2.75) is 30.8 Å². The number of nitrogens with one attached hydrogen (secondary N) is 1. The first-order valence-corrected chi connectivity index (χ1v) is 11.7. The van der Waals surface area contributed by atoms with E-state index in [2.05, 4.69) is 19.7 Å². The molecule has 1 fully saturated rings. The predicted molar refractivity (Wildman–Crippen MR) is 115 cm³/mol. The minimum atomic E-state index is -4.14. The third-order valence-corrected chi connectivity index (χ3v) is 7.95. The topological polar surface area (TPSA) is 83.9 Å². The first-order valence-electron chi connectivity index (χ1n) is 10.2. The fraction of sp³-hybridized carbons (Fsp3) is 0.273. The molecular weight excluding hydrogens is 436 g/mol. The maximum Gasteiger partial charge on any atom is 0.246 e. The number of pyridine rings is 1. The molecule has 0 amide bonds. The Hall–Kier alpha value is -3.11. The highest BCUT2D eigenvalue weighted by molar-refractivity contribution is 7.89. The maximum atomic E-state index is 14.2. The molecule has 5 rings (SSSR count). The maximum absolute atomic E-state index is 14.2. The second kappa shape index (κ2) is 7.79. The molecule has 7 nitrogen and oxygen atoms in total. The summed E-state index contributed by atoms with van der Waals surface area (Å²) in [4.78, 5) is 4.06. The Morgan fingerprint density at radius 2 is 2.03 bits per heavy atom. The lowest BCUT2D eigenvalue weighted by Crippen LogP contribution is -2.34. The van der Waals surface area contributed by atoms with Gasteiger partial charge in [0.2, 0.25) is 10.0 Å². The van der Waals surface area contributed by atoms with Crippen LogP contribution in [0.4, 0.5) is 8.78 Å². The van der Waals surface area contributed by atoms with Crippen molar-refractivity contribution in [2.75, 3.05) is 6.54 Å². The molecule has 2 atom stereocenters. The van der Waals surface area contributed by atoms with Gasteiger partial charge in [-0.15, -0.1) is 0 Å². The average Bonchev–Trinajstić information content (AvgIpc) is 3.50. The van der Waals surface area contributed by atoms with Gasteiger partial charge in [0.25, 0.3) is 0 Å². The van der Waals surface area contributed by atoms with E-state index in [0.29, 0.717) is 13.0 Å². The zero-order valence-electron chi connectivity index (χ0n) is 17.2. The first-order chi connectivity index (χ1) is 15.3. The van der Waals surface area contributed by atoms with Crippen molar-refractivity contribution in [1.82, 2.24) is 24.1 Å². The van der Waals surface area contributed by atoms with Gasteiger partial charge in [-0.05, 0) is 55.7 Å². The Morgan fingerprint density at radius 3 is 2.81 bits per heavy atom. The van der Waals surface area contributed by atoms with Crippen molar-refractivity contribution in [3.8, 4) is 11.3 Å². The molecule has 10 heteroatoms. The summed E-state index contributed by atoms with van der Waals surface area (Å²) in [5.74, 6) is -1.70. The van der Waals surface area contributed by atoms with Crippen molar-refractivity contribution in [1.29, 1.82) is 0 Å². The standard InChI is InChI=1S/C22H21F2N5O2S/c1-14-8-15(13-29(14)32(30,31)22-9-17(23)2-3-18(22)24)12-28-7-6-20-21(28)5-4-19(27-20)16-10-25-26-11-16/h2-7,9-11,14-15H,8,12-13H2,1H3,(H,25,26)/t14-,15-/m0/s1. The van der Waals surface area contributed by atoms with E-state index in [1.165, 1.54) is 4.31 Å². The summed E-state index contributed by atoms with van der Waals surface area (Å²) in [6, 6.07) is 8.01. The smallest absolute Gasteiger partial charge is 0.246 e. The number of hydrogen-bond acceptors (Lipinski definition) is 4. The largest absolute Gasteiger partial charge is 0.346 e. The molecule has 32 heavy (non-hydrogen) atoms. The lowest BCUT2D eigenvalue weighted by Gasteiger charge is -2.21. The van der Waals surface area contributed by atoms with Gasteiger partial charge in [0.15, 0.2) is 0 Å². The van der Waals surface area contributed by atoms with Crippen LogP contribution in [0.2, 0.25) is 0 Å². The second-order valence-corrected chi connectivity index (χ2v) is 10.0. The van der Waals surface area contributed by atoms with Crippen LogP contribution in [-0.2, 0) is 16.6 Å². The molecule has 4 aromatic rings. The van der Waals surface area contributed by atoms with Crippen molar-refractivity contribution >= 4 is 21.1 Å². The van der Waals surface area contributed by atoms with Gasteiger partial charge in [0.05, 0.1) is 22.9 Å². The summed E-state index contributed by atoms with van der Waals surface area (Å²) >= 11 is 0. The fourth-order valence-corrected chi connectivity index (χ4v) is 6.24. The lowest BCUT2D eigenvalue weighted by atomic mass is 10.1. The van der Waals surface area contributed by atoms with E-state index in [0.717, 1.165) is 40.5 Å². The van der Waals surface area contributed by atoms with Crippen molar-refractivity contribution in [2.24, 2.45) is 5.92 Å². The molecule has 0 aliphatic carbocycles. The molecule has 0 radical (unpaired) electrons. The third-order valence-electron chi connectivity index (χ3n) is 5.96. The Bertz CT molecular complexity index is 1380. The van der Waals surface area contributed by atoms with Crippen LogP contribution in [0.1, 0.15) is 13.3 Å². The third kappa shape index (κ3) is 3.59. The van der Waals surface area contributed by atoms with Crippen molar-refractivity contribution < 1.29 is 17.2 Å². The minimum Gasteiger partial charge on any atom is -0.346 e. The van der Waals surface area contributed by atoms with E-state index >= 15 is 0 Å². The number of benzene rings is 1. The van der Waals surface area contributed by atoms with Gasteiger partial charge in [-0.2, -0.15) is 9.40 Å². The summed E-state index contributed by atoms with van der Waals surface area (Å²) in [5, 5.41) is 6.73. The van der Waals surface area contributed by atoms with Crippen LogP contribution >= 0.6 is 0 Å². The number of hydrogen-bond donors (Lipinski definition) is 1. The number of aromatic amines is 1. The minimum absolute atomic E-state index is 0.0283. The van der Waals surface area contributed by atoms with Crippen LogP contribution in [-0.4, -0.2) is 45.1 Å². The van der Waals surface area contributed by atoms with Gasteiger partial charge < -0.3 is 4.57 Å². The molecule has 3 aromatic heterocycles. The summed E-state index contributed by atoms with van der Waals surface area (Å²) < 4.78 is 57.1. The van der Waals surface area contributed by atoms with E-state index in [9.17, 15) is 17.2 Å². The molecule has 4 heterocycles. The molecule has 1 N–H and O–H groups in total. The van der Waals surface area contributed by atoms with E-state index in [1.54, 1.807) is 19.3 Å². The Balaban J connectivity index is 1.37. The van der Waals surface area contributed by atoms with Gasteiger partial charge in [-0.3, -0.25) is 5.10 Å². The van der Waals surface area contributed by atoms with Crippen LogP contribution in [0.3, 0.4) is 0 Å². The highest BCUT2D eigenvalue weighted by Crippen LogP contribution is 2.32. The number of fused-ring (bicyclic) bond motifs is 1. The first kappa shape index (κ1) is 20.8. The molecule has 1 saturated heterocycles. The average molecular weight is 458 g/mol. The predicted octanol–water partition coefficient (Wildman–Crippen LogP) is 3.80. The molecule has 0 unspecified atom stereocenters. The second-order valence-electron chi connectivity index (χ2n) is 8.16. The molecule has 0 spiro atoms. The SMILES string of the molecule is C[C@H]1C[C@@H](Cn2ccc3nc(-c4cn[nH]c4)ccc32)CN1S(=O)(=O)c1cc(F)ccc1F. The van der Waals surface area contributed by atoms with E-state index in [1.807, 2.05) is 24.4 Å². The summed E-state index contributed by atoms with van der Waals surface area (Å²) in [5.41, 5.74) is 3.49. The zero-order chi connectivity index (χ0) is 22.5. The normalized spacial score (nSPS) is 19.7. The molecule has 1 aliphatic heterocycles. The van der Waals surface area contributed by atoms with Gasteiger partial charge in [-0.25, -0.2) is 22.2 Å². The lowest BCUT2D eigenvalue weighted by molar-refractivity contribution is 0.396. The molecule has 1 aliphatic rings. The van der Waals surface area contributed by atoms with Gasteiger partial charge in [-0.1, -0.05) is 0 Å². The number of halogens is 2. The number of sulfonamides is 1. The Morgan fingerprint density at radius 1 is 1.19 bits per heavy atom. The van der Waals surface area contributed by atoms with Gasteiger partial charge in [0, 0.05) is 37.1 Å². The number of aromatic nitrogens is 4. The molecule has 0 saturated carbocycles. The molecule has 166 valence electrons. The quantitative estimate of drug-likeness (QED) is 0.494. The summed E-state index contributed by atoms with van der Waals surface area (Å²) in [7, 11) is -4.14. The number of rotatable bonds is 5. The zero-order valence-corrected chi connectivity index (χ0v) is 18.1. The van der Waals surface area contributed by atoms with Crippen molar-refractivity contribution in [3.05, 3.63) is 66.6 Å². The van der Waals surface area contributed by atoms with Crippen LogP contribution < -0.4 is 0 Å². The highest BCUT2D eigenvalue weighted by Gasteiger charge is 2.39. The Labute approximate surface area is 183 Å². The van der Waals surface area contributed by atoms with Crippen LogP contribution in [0.15, 0.2) is 59.9 Å². The van der Waals surface area contributed by atoms with E-state index < -0.39 is 26.6 Å². The van der Waals surface area contributed by atoms with E-state index in [4.69, 9.17) is 0 Å². The monoisotopic (exact) mass is 457 g/mol. The number of nitrogens with zero attached hydrogens (tertiary/aromatic N) is 4. The fourth-order valence-electron chi connectivity index (χ4n) is 4.44. The van der Waals surface area contributed by atoms with Crippen LogP contribution in [0, 0.1) is 17.6 Å². The molecule has 1 aromatic carbocycles. The van der Waals surface area contributed by atoms with Crippen LogP contribution in [0.25, 0.3) is 22.3 Å². The molecule has 0 bridgehead atoms. The van der Waals surface area contributed by atoms with Crippen molar-refractivity contribution in [3.63, 3.8) is 0 Å². The summed E-state index contributed by atoms with van der Waals surface area (Å²) in [6.45, 7) is 2.62. The van der Waals surface area contributed by atoms with Gasteiger partial charge in [0.1, 0.15) is 16.5 Å². The van der Waals surface area contributed by atoms with Crippen LogP contribution in [0.5, 0.6) is 0 Å². The molecular formula is C22H21F2N5O2S. The summed E-state index contributed by atoms with van der Waals surface area (Å²) in [6.07, 6.45) is 6.05. The van der Waals surface area contributed by atoms with E-state index in [-0.39, 0.29) is 18.5 Å². The van der Waals surface area contributed by atoms with Gasteiger partial charge >= 0.3 is 0 Å². The Kier molecular flexibility index (Phi) is 5.06. The highest BCUT2D eigenvalue weighted by atomic mass is 32.2. The number of H-pyrrole nitrogens is 1.